The van der Waals surface area contributed by atoms with Gasteiger partial charge in [-0.3, -0.25) is 14.2 Å². The normalized spacial score (nSPS) is 11.9. The van der Waals surface area contributed by atoms with Gasteiger partial charge in [0.15, 0.2) is 5.16 Å². The molecule has 6 heteroatoms. The van der Waals surface area contributed by atoms with Crippen LogP contribution in [0.1, 0.15) is 18.5 Å². The summed E-state index contributed by atoms with van der Waals surface area (Å²) >= 11 is 1.26. The van der Waals surface area contributed by atoms with Crippen LogP contribution in [-0.2, 0) is 4.79 Å². The van der Waals surface area contributed by atoms with E-state index in [1.807, 2.05) is 85.8 Å². The van der Waals surface area contributed by atoms with E-state index in [-0.39, 0.29) is 23.3 Å². The van der Waals surface area contributed by atoms with Crippen molar-refractivity contribution in [3.8, 4) is 5.69 Å². The van der Waals surface area contributed by atoms with Crippen molar-refractivity contribution in [3.63, 3.8) is 0 Å². The Morgan fingerprint density at radius 3 is 2.33 bits per heavy atom. The van der Waals surface area contributed by atoms with Crippen LogP contribution in [0, 0.1) is 0 Å². The molecule has 0 fully saturated rings. The number of nitrogens with one attached hydrogen (secondary N) is 1. The van der Waals surface area contributed by atoms with Gasteiger partial charge in [-0.1, -0.05) is 72.4 Å². The third-order valence-corrected chi connectivity index (χ3v) is 5.71. The molecule has 0 radical (unpaired) electrons. The standard InChI is InChI=1S/C24H21N3O2S/c1-17(18-10-4-2-5-11-18)25-22(28)16-30-24-26-21-15-9-8-14-20(21)23(29)27(24)19-12-6-3-7-13-19/h2-15,17H,16H2,1H3,(H,25,28)/t17-/m0/s1. The van der Waals surface area contributed by atoms with Crippen molar-refractivity contribution in [1.82, 2.24) is 14.9 Å². The third kappa shape index (κ3) is 4.28. The Morgan fingerprint density at radius 1 is 0.967 bits per heavy atom. The highest BCUT2D eigenvalue weighted by Gasteiger charge is 2.15. The van der Waals surface area contributed by atoms with Crippen molar-refractivity contribution in [2.45, 2.75) is 18.1 Å². The molecule has 0 spiro atoms. The summed E-state index contributed by atoms with van der Waals surface area (Å²) in [6.07, 6.45) is 0. The number of aromatic nitrogens is 2. The van der Waals surface area contributed by atoms with Gasteiger partial charge in [0.05, 0.1) is 28.4 Å². The van der Waals surface area contributed by atoms with Gasteiger partial charge in [0.2, 0.25) is 5.91 Å². The first-order valence-electron chi connectivity index (χ1n) is 9.68. The number of fused-ring (bicyclic) bond motifs is 1. The number of amides is 1. The smallest absolute Gasteiger partial charge is 0.266 e. The van der Waals surface area contributed by atoms with Gasteiger partial charge >= 0.3 is 0 Å². The summed E-state index contributed by atoms with van der Waals surface area (Å²) in [4.78, 5) is 30.4. The Balaban J connectivity index is 1.60. The molecular weight excluding hydrogens is 394 g/mol. The monoisotopic (exact) mass is 415 g/mol. The molecule has 4 rings (SSSR count). The van der Waals surface area contributed by atoms with Crippen molar-refractivity contribution < 1.29 is 4.79 Å². The average Bonchev–Trinajstić information content (AvgIpc) is 2.79. The van der Waals surface area contributed by atoms with E-state index in [1.54, 1.807) is 10.6 Å². The second-order valence-corrected chi connectivity index (χ2v) is 7.82. The minimum Gasteiger partial charge on any atom is -0.349 e. The molecule has 1 amide bonds. The minimum absolute atomic E-state index is 0.0971. The Kier molecular flexibility index (Phi) is 5.95. The van der Waals surface area contributed by atoms with Gasteiger partial charge in [0.1, 0.15) is 0 Å². The Hall–Kier alpha value is -3.38. The molecule has 3 aromatic carbocycles. The summed E-state index contributed by atoms with van der Waals surface area (Å²) in [7, 11) is 0. The van der Waals surface area contributed by atoms with Crippen LogP contribution in [0.3, 0.4) is 0 Å². The second-order valence-electron chi connectivity index (χ2n) is 6.88. The van der Waals surface area contributed by atoms with E-state index in [0.29, 0.717) is 16.1 Å². The molecule has 0 aliphatic heterocycles. The molecule has 0 bridgehead atoms. The number of hydrogen-bond acceptors (Lipinski definition) is 4. The number of nitrogens with zero attached hydrogens (tertiary/aromatic N) is 2. The van der Waals surface area contributed by atoms with Crippen LogP contribution in [0.2, 0.25) is 0 Å². The second kappa shape index (κ2) is 8.97. The molecule has 0 aliphatic carbocycles. The average molecular weight is 416 g/mol. The molecule has 1 atom stereocenters. The molecule has 5 nitrogen and oxygen atoms in total. The molecular formula is C24H21N3O2S. The van der Waals surface area contributed by atoms with E-state index in [9.17, 15) is 9.59 Å². The molecule has 1 heterocycles. The quantitative estimate of drug-likeness (QED) is 0.376. The molecule has 150 valence electrons. The molecule has 0 saturated carbocycles. The van der Waals surface area contributed by atoms with Crippen molar-refractivity contribution in [3.05, 3.63) is 101 Å². The summed E-state index contributed by atoms with van der Waals surface area (Å²) in [5.41, 5.74) is 2.24. The van der Waals surface area contributed by atoms with Gasteiger partial charge in [-0.05, 0) is 36.8 Å². The SMILES string of the molecule is C[C@H](NC(=O)CSc1nc2ccccc2c(=O)n1-c1ccccc1)c1ccccc1. The number of para-hydroxylation sites is 2. The molecule has 0 saturated heterocycles. The van der Waals surface area contributed by atoms with E-state index >= 15 is 0 Å². The van der Waals surface area contributed by atoms with E-state index in [2.05, 4.69) is 10.3 Å². The van der Waals surface area contributed by atoms with Gasteiger partial charge in [-0.15, -0.1) is 0 Å². The molecule has 0 unspecified atom stereocenters. The van der Waals surface area contributed by atoms with Crippen molar-refractivity contribution in [1.29, 1.82) is 0 Å². The Morgan fingerprint density at radius 2 is 1.60 bits per heavy atom. The molecule has 4 aromatic rings. The van der Waals surface area contributed by atoms with E-state index in [4.69, 9.17) is 0 Å². The fraction of sp³-hybridized carbons (Fsp3) is 0.125. The lowest BCUT2D eigenvalue weighted by Gasteiger charge is -2.15. The van der Waals surface area contributed by atoms with Crippen LogP contribution in [-0.4, -0.2) is 21.2 Å². The zero-order chi connectivity index (χ0) is 20.9. The van der Waals surface area contributed by atoms with Crippen LogP contribution >= 0.6 is 11.8 Å². The molecule has 1 aromatic heterocycles. The van der Waals surface area contributed by atoms with Crippen molar-refractivity contribution in [2.75, 3.05) is 5.75 Å². The van der Waals surface area contributed by atoms with Gasteiger partial charge in [-0.25, -0.2) is 4.98 Å². The topological polar surface area (TPSA) is 64.0 Å². The van der Waals surface area contributed by atoms with Crippen LogP contribution in [0.15, 0.2) is 94.9 Å². The highest BCUT2D eigenvalue weighted by atomic mass is 32.2. The van der Waals surface area contributed by atoms with Crippen molar-refractivity contribution in [2.24, 2.45) is 0 Å². The van der Waals surface area contributed by atoms with Gasteiger partial charge in [0.25, 0.3) is 5.56 Å². The summed E-state index contributed by atoms with van der Waals surface area (Å²) in [5, 5.41) is 4.04. The first kappa shape index (κ1) is 19.9. The Bertz CT molecular complexity index is 1220. The molecule has 1 N–H and O–H groups in total. The van der Waals surface area contributed by atoms with Crippen LogP contribution in [0.25, 0.3) is 16.6 Å². The number of carbonyl (C=O) groups is 1. The maximum absolute atomic E-state index is 13.2. The number of carbonyl (C=O) groups excluding carboxylic acids is 1. The maximum Gasteiger partial charge on any atom is 0.266 e. The summed E-state index contributed by atoms with van der Waals surface area (Å²) in [6, 6.07) is 26.3. The summed E-state index contributed by atoms with van der Waals surface area (Å²) < 4.78 is 1.57. The first-order chi connectivity index (χ1) is 14.6. The van der Waals surface area contributed by atoms with Gasteiger partial charge in [0, 0.05) is 0 Å². The lowest BCUT2D eigenvalue weighted by Crippen LogP contribution is -2.29. The van der Waals surface area contributed by atoms with E-state index in [0.717, 1.165) is 11.3 Å². The lowest BCUT2D eigenvalue weighted by molar-refractivity contribution is -0.119. The van der Waals surface area contributed by atoms with Crippen LogP contribution in [0.5, 0.6) is 0 Å². The molecule has 0 aliphatic rings. The minimum atomic E-state index is -0.146. The highest BCUT2D eigenvalue weighted by molar-refractivity contribution is 7.99. The lowest BCUT2D eigenvalue weighted by atomic mass is 10.1. The number of hydrogen-bond donors (Lipinski definition) is 1. The Labute approximate surface area is 178 Å². The molecule has 30 heavy (non-hydrogen) atoms. The zero-order valence-corrected chi connectivity index (χ0v) is 17.3. The third-order valence-electron chi connectivity index (χ3n) is 4.77. The summed E-state index contributed by atoms with van der Waals surface area (Å²) in [6.45, 7) is 1.95. The first-order valence-corrected chi connectivity index (χ1v) is 10.7. The van der Waals surface area contributed by atoms with Gasteiger partial charge < -0.3 is 5.32 Å². The number of rotatable bonds is 6. The zero-order valence-electron chi connectivity index (χ0n) is 16.5. The fourth-order valence-electron chi connectivity index (χ4n) is 3.25. The summed E-state index contributed by atoms with van der Waals surface area (Å²) in [5.74, 6) is 0.0489. The van der Waals surface area contributed by atoms with Crippen molar-refractivity contribution >= 4 is 28.6 Å². The van der Waals surface area contributed by atoms with E-state index < -0.39 is 0 Å². The van der Waals surface area contributed by atoms with E-state index in [1.165, 1.54) is 11.8 Å². The van der Waals surface area contributed by atoms with Crippen LogP contribution in [0.4, 0.5) is 0 Å². The maximum atomic E-state index is 13.2. The van der Waals surface area contributed by atoms with Crippen LogP contribution < -0.4 is 10.9 Å². The highest BCUT2D eigenvalue weighted by Crippen LogP contribution is 2.21. The predicted molar refractivity (Wildman–Crippen MR) is 121 cm³/mol. The predicted octanol–water partition coefficient (Wildman–Crippen LogP) is 4.36. The largest absolute Gasteiger partial charge is 0.349 e. The number of thioether (sulfide) groups is 1. The fourth-order valence-corrected chi connectivity index (χ4v) is 4.08. The number of benzene rings is 3. The van der Waals surface area contributed by atoms with Gasteiger partial charge in [-0.2, -0.15) is 0 Å².